The molecule has 78 valence electrons. The van der Waals surface area contributed by atoms with Crippen molar-refractivity contribution in [2.24, 2.45) is 7.05 Å². The summed E-state index contributed by atoms with van der Waals surface area (Å²) < 4.78 is 2.76. The fraction of sp³-hybridized carbons (Fsp3) is 0.200. The highest BCUT2D eigenvalue weighted by atomic mass is 79.9. The fourth-order valence-corrected chi connectivity index (χ4v) is 1.64. The first-order chi connectivity index (χ1) is 7.24. The summed E-state index contributed by atoms with van der Waals surface area (Å²) in [5, 5.41) is 7.37. The summed E-state index contributed by atoms with van der Waals surface area (Å²) in [7, 11) is 1.91. The largest absolute Gasteiger partial charge is 0.380 e. The van der Waals surface area contributed by atoms with E-state index in [1.165, 1.54) is 0 Å². The van der Waals surface area contributed by atoms with Gasteiger partial charge in [0, 0.05) is 36.0 Å². The van der Waals surface area contributed by atoms with Crippen molar-refractivity contribution in [3.05, 3.63) is 40.9 Å². The highest BCUT2D eigenvalue weighted by molar-refractivity contribution is 9.10. The lowest BCUT2D eigenvalue weighted by Crippen LogP contribution is -1.98. The molecular weight excluding hydrogens is 256 g/mol. The number of anilines is 1. The zero-order chi connectivity index (χ0) is 10.7. The van der Waals surface area contributed by atoms with E-state index in [9.17, 15) is 0 Å². The summed E-state index contributed by atoms with van der Waals surface area (Å²) in [5.74, 6) is 0. The lowest BCUT2D eigenvalue weighted by Gasteiger charge is -2.03. The Hall–Kier alpha value is -1.36. The average molecular weight is 267 g/mol. The Kier molecular flexibility index (Phi) is 3.01. The fourth-order valence-electron chi connectivity index (χ4n) is 1.28. The zero-order valence-electron chi connectivity index (χ0n) is 8.31. The Morgan fingerprint density at radius 2 is 2.27 bits per heavy atom. The van der Waals surface area contributed by atoms with Crippen LogP contribution in [0.1, 0.15) is 5.56 Å². The predicted octanol–water partition coefficient (Wildman–Crippen LogP) is 2.19. The summed E-state index contributed by atoms with van der Waals surface area (Å²) in [6, 6.07) is 1.99. The van der Waals surface area contributed by atoms with Crippen LogP contribution in [0.15, 0.2) is 35.3 Å². The first kappa shape index (κ1) is 10.2. The van der Waals surface area contributed by atoms with Crippen LogP contribution >= 0.6 is 15.9 Å². The second-order valence-corrected chi connectivity index (χ2v) is 4.18. The van der Waals surface area contributed by atoms with E-state index in [0.29, 0.717) is 0 Å². The molecule has 0 aliphatic heterocycles. The van der Waals surface area contributed by atoms with Gasteiger partial charge in [0.15, 0.2) is 0 Å². The molecule has 0 aliphatic carbocycles. The molecule has 0 atom stereocenters. The Bertz CT molecular complexity index is 452. The topological polar surface area (TPSA) is 42.7 Å². The van der Waals surface area contributed by atoms with E-state index < -0.39 is 0 Å². The summed E-state index contributed by atoms with van der Waals surface area (Å²) in [5.41, 5.74) is 2.14. The summed E-state index contributed by atoms with van der Waals surface area (Å²) in [6.07, 6.45) is 7.38. The van der Waals surface area contributed by atoms with Gasteiger partial charge in [0.2, 0.25) is 0 Å². The molecule has 0 saturated heterocycles. The number of hydrogen-bond acceptors (Lipinski definition) is 3. The maximum atomic E-state index is 4.10. The maximum Gasteiger partial charge on any atom is 0.0540 e. The molecule has 0 amide bonds. The van der Waals surface area contributed by atoms with Crippen LogP contribution in [0.25, 0.3) is 0 Å². The van der Waals surface area contributed by atoms with Gasteiger partial charge in [-0.25, -0.2) is 0 Å². The van der Waals surface area contributed by atoms with E-state index in [1.54, 1.807) is 17.1 Å². The molecule has 0 fully saturated rings. The molecule has 0 aromatic carbocycles. The molecule has 0 radical (unpaired) electrons. The molecule has 0 bridgehead atoms. The monoisotopic (exact) mass is 266 g/mol. The van der Waals surface area contributed by atoms with E-state index in [0.717, 1.165) is 22.3 Å². The lowest BCUT2D eigenvalue weighted by atomic mass is 10.3. The molecule has 2 aromatic rings. The number of nitrogens with zero attached hydrogens (tertiary/aromatic N) is 3. The first-order valence-corrected chi connectivity index (χ1v) is 5.35. The second kappa shape index (κ2) is 4.44. The Morgan fingerprint density at radius 3 is 2.93 bits per heavy atom. The van der Waals surface area contributed by atoms with Gasteiger partial charge in [0.1, 0.15) is 0 Å². The summed E-state index contributed by atoms with van der Waals surface area (Å²) in [6.45, 7) is 0.756. The molecule has 5 heteroatoms. The van der Waals surface area contributed by atoms with Gasteiger partial charge in [-0.3, -0.25) is 9.67 Å². The van der Waals surface area contributed by atoms with Crippen molar-refractivity contribution in [2.45, 2.75) is 6.54 Å². The van der Waals surface area contributed by atoms with Gasteiger partial charge in [0.05, 0.1) is 18.1 Å². The van der Waals surface area contributed by atoms with Crippen LogP contribution in [0.4, 0.5) is 5.69 Å². The Balaban J connectivity index is 1.99. The second-order valence-electron chi connectivity index (χ2n) is 3.27. The molecule has 0 aliphatic rings. The molecule has 0 unspecified atom stereocenters. The Morgan fingerprint density at radius 1 is 1.40 bits per heavy atom. The van der Waals surface area contributed by atoms with E-state index in [-0.39, 0.29) is 0 Å². The van der Waals surface area contributed by atoms with Crippen LogP contribution in [0.2, 0.25) is 0 Å². The predicted molar refractivity (Wildman–Crippen MR) is 62.5 cm³/mol. The van der Waals surface area contributed by atoms with Crippen molar-refractivity contribution in [2.75, 3.05) is 5.32 Å². The minimum absolute atomic E-state index is 0.756. The zero-order valence-corrected chi connectivity index (χ0v) is 9.90. The third kappa shape index (κ3) is 2.79. The van der Waals surface area contributed by atoms with Crippen LogP contribution in [0.5, 0.6) is 0 Å². The van der Waals surface area contributed by atoms with Gasteiger partial charge < -0.3 is 5.32 Å². The van der Waals surface area contributed by atoms with Crippen molar-refractivity contribution in [3.63, 3.8) is 0 Å². The minimum Gasteiger partial charge on any atom is -0.380 e. The summed E-state index contributed by atoms with van der Waals surface area (Å²) >= 11 is 3.37. The molecule has 2 heterocycles. The van der Waals surface area contributed by atoms with E-state index in [2.05, 4.69) is 31.3 Å². The third-order valence-corrected chi connectivity index (χ3v) is 2.39. The molecular formula is C10H11BrN4. The van der Waals surface area contributed by atoms with Crippen molar-refractivity contribution in [3.8, 4) is 0 Å². The number of hydrogen-bond donors (Lipinski definition) is 1. The highest BCUT2D eigenvalue weighted by Gasteiger charge is 1.97. The van der Waals surface area contributed by atoms with Gasteiger partial charge in [-0.1, -0.05) is 0 Å². The standard InChI is InChI=1S/C10H11BrN4/c1-15-7-8(4-14-15)3-13-10-2-9(11)5-12-6-10/h2,4-7,13H,3H2,1H3. The van der Waals surface area contributed by atoms with Crippen LogP contribution in [0.3, 0.4) is 0 Å². The molecule has 1 N–H and O–H groups in total. The molecule has 2 aromatic heterocycles. The van der Waals surface area contributed by atoms with Gasteiger partial charge in [-0.2, -0.15) is 5.10 Å². The average Bonchev–Trinajstić information content (AvgIpc) is 2.62. The molecule has 0 spiro atoms. The number of rotatable bonds is 3. The molecule has 0 saturated carbocycles. The number of pyridine rings is 1. The van der Waals surface area contributed by atoms with Gasteiger partial charge in [-0.05, 0) is 22.0 Å². The van der Waals surface area contributed by atoms with Crippen LogP contribution in [0, 0.1) is 0 Å². The minimum atomic E-state index is 0.756. The molecule has 15 heavy (non-hydrogen) atoms. The lowest BCUT2D eigenvalue weighted by molar-refractivity contribution is 0.767. The van der Waals surface area contributed by atoms with Crippen molar-refractivity contribution in [1.82, 2.24) is 14.8 Å². The van der Waals surface area contributed by atoms with E-state index in [4.69, 9.17) is 0 Å². The van der Waals surface area contributed by atoms with Crippen molar-refractivity contribution >= 4 is 21.6 Å². The van der Waals surface area contributed by atoms with E-state index in [1.807, 2.05) is 25.5 Å². The maximum absolute atomic E-state index is 4.10. The van der Waals surface area contributed by atoms with Gasteiger partial charge in [-0.15, -0.1) is 0 Å². The third-order valence-electron chi connectivity index (χ3n) is 1.96. The smallest absolute Gasteiger partial charge is 0.0540 e. The molecule has 2 rings (SSSR count). The van der Waals surface area contributed by atoms with Crippen LogP contribution in [-0.4, -0.2) is 14.8 Å². The first-order valence-electron chi connectivity index (χ1n) is 4.56. The molecule has 4 nitrogen and oxygen atoms in total. The highest BCUT2D eigenvalue weighted by Crippen LogP contribution is 2.14. The number of aryl methyl sites for hydroxylation is 1. The van der Waals surface area contributed by atoms with E-state index >= 15 is 0 Å². The number of halogens is 1. The van der Waals surface area contributed by atoms with Crippen molar-refractivity contribution < 1.29 is 0 Å². The SMILES string of the molecule is Cn1cc(CNc2cncc(Br)c2)cn1. The summed E-state index contributed by atoms with van der Waals surface area (Å²) in [4.78, 5) is 4.07. The van der Waals surface area contributed by atoms with Gasteiger partial charge in [0.25, 0.3) is 0 Å². The normalized spacial score (nSPS) is 10.3. The number of aromatic nitrogens is 3. The van der Waals surface area contributed by atoms with Crippen LogP contribution < -0.4 is 5.32 Å². The van der Waals surface area contributed by atoms with Crippen molar-refractivity contribution in [1.29, 1.82) is 0 Å². The van der Waals surface area contributed by atoms with Gasteiger partial charge >= 0.3 is 0 Å². The quantitative estimate of drug-likeness (QED) is 0.926. The number of nitrogens with one attached hydrogen (secondary N) is 1. The Labute approximate surface area is 96.5 Å². The van der Waals surface area contributed by atoms with Crippen LogP contribution in [-0.2, 0) is 13.6 Å².